The molecule has 6 nitrogen and oxygen atoms in total. The van der Waals surface area contributed by atoms with E-state index in [0.717, 1.165) is 116 Å². The molecular weight excluding hydrogens is 877 g/mol. The van der Waals surface area contributed by atoms with Gasteiger partial charge < -0.3 is 14.2 Å². The summed E-state index contributed by atoms with van der Waals surface area (Å²) in [7, 11) is 0. The largest absolute Gasteiger partial charge is 0.462 e. The Bertz CT molecular complexity index is 1500. The Hall–Kier alpha value is -4.19. The summed E-state index contributed by atoms with van der Waals surface area (Å²) in [6.07, 6.45) is 80.5. The van der Waals surface area contributed by atoms with Gasteiger partial charge in [0.15, 0.2) is 6.10 Å². The highest BCUT2D eigenvalue weighted by Crippen LogP contribution is 2.14. The standard InChI is InChI=1S/C65H106O6/c1-4-7-10-13-16-19-22-25-27-29-31-32-34-35-37-40-43-46-49-52-55-58-64(67)70-61-62(60-69-63(66)57-54-51-48-45-42-39-24-21-18-15-12-9-6-3)71-65(68)59-56-53-50-47-44-41-38-36-33-30-28-26-23-20-17-14-11-8-5-2/h7,9-10,12,16,18-19,21,25-28,31-32,35,37,39,42-43,46,62H,4-6,8,11,13-15,17,20,22-24,29-30,33-34,36,38,40-41,44-45,47-61H2,1-3H3/b10-7-,12-9-,19-16-,21-18-,27-25-,28-26-,32-31-,37-35-,42-39-,46-43-. The molecule has 0 aromatic carbocycles. The van der Waals surface area contributed by atoms with Crippen LogP contribution in [0.2, 0.25) is 0 Å². The average molecular weight is 984 g/mol. The van der Waals surface area contributed by atoms with Gasteiger partial charge in [-0.1, -0.05) is 226 Å². The first-order valence-electron chi connectivity index (χ1n) is 29.0. The Morgan fingerprint density at radius 3 is 0.915 bits per heavy atom. The van der Waals surface area contributed by atoms with E-state index < -0.39 is 6.10 Å². The molecule has 0 aromatic heterocycles. The smallest absolute Gasteiger partial charge is 0.306 e. The highest BCUT2D eigenvalue weighted by molar-refractivity contribution is 5.71. The highest BCUT2D eigenvalue weighted by Gasteiger charge is 2.19. The van der Waals surface area contributed by atoms with Crippen LogP contribution >= 0.6 is 0 Å². The van der Waals surface area contributed by atoms with Crippen molar-refractivity contribution in [3.63, 3.8) is 0 Å². The van der Waals surface area contributed by atoms with Crippen molar-refractivity contribution in [2.75, 3.05) is 13.2 Å². The van der Waals surface area contributed by atoms with Gasteiger partial charge in [-0.15, -0.1) is 0 Å². The lowest BCUT2D eigenvalue weighted by Crippen LogP contribution is -2.30. The van der Waals surface area contributed by atoms with Gasteiger partial charge in [0.25, 0.3) is 0 Å². The fourth-order valence-electron chi connectivity index (χ4n) is 7.63. The second-order valence-electron chi connectivity index (χ2n) is 18.8. The van der Waals surface area contributed by atoms with E-state index in [9.17, 15) is 14.4 Å². The van der Waals surface area contributed by atoms with Crippen LogP contribution in [0.5, 0.6) is 0 Å². The van der Waals surface area contributed by atoms with Gasteiger partial charge >= 0.3 is 17.9 Å². The number of carbonyl (C=O) groups is 3. The molecule has 0 saturated carbocycles. The average Bonchev–Trinajstić information content (AvgIpc) is 3.37. The summed E-state index contributed by atoms with van der Waals surface area (Å²) in [6.45, 7) is 6.34. The summed E-state index contributed by atoms with van der Waals surface area (Å²) in [5.41, 5.74) is 0. The molecule has 0 aliphatic heterocycles. The Morgan fingerprint density at radius 1 is 0.296 bits per heavy atom. The zero-order chi connectivity index (χ0) is 51.4. The number of hydrogen-bond donors (Lipinski definition) is 0. The van der Waals surface area contributed by atoms with Crippen LogP contribution in [0.15, 0.2) is 122 Å². The molecule has 0 radical (unpaired) electrons. The number of esters is 3. The molecule has 0 heterocycles. The number of unbranched alkanes of at least 4 members (excludes halogenated alkanes) is 20. The molecule has 0 aliphatic rings. The number of carbonyl (C=O) groups excluding carboxylic acids is 3. The molecule has 1 unspecified atom stereocenters. The summed E-state index contributed by atoms with van der Waals surface area (Å²) >= 11 is 0. The van der Waals surface area contributed by atoms with Crippen molar-refractivity contribution in [3.8, 4) is 0 Å². The number of rotatable bonds is 51. The second-order valence-corrected chi connectivity index (χ2v) is 18.8. The van der Waals surface area contributed by atoms with Crippen LogP contribution in [0.25, 0.3) is 0 Å². The maximum Gasteiger partial charge on any atom is 0.306 e. The topological polar surface area (TPSA) is 78.9 Å². The molecular formula is C65H106O6. The van der Waals surface area contributed by atoms with Crippen molar-refractivity contribution >= 4 is 17.9 Å². The van der Waals surface area contributed by atoms with Gasteiger partial charge in [0.1, 0.15) is 13.2 Å². The van der Waals surface area contributed by atoms with E-state index in [4.69, 9.17) is 14.2 Å². The highest BCUT2D eigenvalue weighted by atomic mass is 16.6. The lowest BCUT2D eigenvalue weighted by Gasteiger charge is -2.18. The number of ether oxygens (including phenoxy) is 3. The Labute approximate surface area is 437 Å². The minimum atomic E-state index is -0.813. The molecule has 0 amide bonds. The molecule has 0 saturated heterocycles. The third-order valence-electron chi connectivity index (χ3n) is 11.9. The Balaban J connectivity index is 4.48. The molecule has 1 atom stereocenters. The van der Waals surface area contributed by atoms with Crippen LogP contribution in [-0.2, 0) is 28.6 Å². The third kappa shape index (κ3) is 56.6. The first-order valence-corrected chi connectivity index (χ1v) is 29.0. The maximum atomic E-state index is 12.9. The van der Waals surface area contributed by atoms with Crippen LogP contribution in [0.3, 0.4) is 0 Å². The molecule has 6 heteroatoms. The molecule has 71 heavy (non-hydrogen) atoms. The Morgan fingerprint density at radius 2 is 0.549 bits per heavy atom. The van der Waals surface area contributed by atoms with Crippen LogP contribution in [0.4, 0.5) is 0 Å². The zero-order valence-electron chi connectivity index (χ0n) is 45.9. The van der Waals surface area contributed by atoms with Gasteiger partial charge in [-0.25, -0.2) is 0 Å². The third-order valence-corrected chi connectivity index (χ3v) is 11.9. The van der Waals surface area contributed by atoms with E-state index in [-0.39, 0.29) is 31.1 Å². The van der Waals surface area contributed by atoms with Crippen molar-refractivity contribution in [3.05, 3.63) is 122 Å². The zero-order valence-corrected chi connectivity index (χ0v) is 45.9. The van der Waals surface area contributed by atoms with Crippen molar-refractivity contribution < 1.29 is 28.6 Å². The van der Waals surface area contributed by atoms with Gasteiger partial charge in [0, 0.05) is 19.3 Å². The van der Waals surface area contributed by atoms with Crippen molar-refractivity contribution in [2.24, 2.45) is 0 Å². The molecule has 0 N–H and O–H groups in total. The molecule has 0 fully saturated rings. The molecule has 0 spiro atoms. The number of allylic oxidation sites excluding steroid dienone is 20. The fraction of sp³-hybridized carbons (Fsp3) is 0.646. The van der Waals surface area contributed by atoms with Crippen LogP contribution < -0.4 is 0 Å². The van der Waals surface area contributed by atoms with Crippen molar-refractivity contribution in [1.29, 1.82) is 0 Å². The predicted molar refractivity (Wildman–Crippen MR) is 306 cm³/mol. The minimum Gasteiger partial charge on any atom is -0.462 e. The summed E-state index contributed by atoms with van der Waals surface area (Å²) in [5.74, 6) is -0.985. The van der Waals surface area contributed by atoms with Gasteiger partial charge in [-0.3, -0.25) is 14.4 Å². The quantitative estimate of drug-likeness (QED) is 0.0261. The summed E-state index contributed by atoms with van der Waals surface area (Å²) in [6, 6.07) is 0. The number of hydrogen-bond acceptors (Lipinski definition) is 6. The maximum absolute atomic E-state index is 12.9. The first kappa shape index (κ1) is 66.8. The van der Waals surface area contributed by atoms with E-state index in [1.54, 1.807) is 0 Å². The summed E-state index contributed by atoms with van der Waals surface area (Å²) in [4.78, 5) is 38.2. The molecule has 0 rings (SSSR count). The van der Waals surface area contributed by atoms with Crippen molar-refractivity contribution in [1.82, 2.24) is 0 Å². The van der Waals surface area contributed by atoms with E-state index in [1.807, 2.05) is 0 Å². The molecule has 0 aliphatic carbocycles. The van der Waals surface area contributed by atoms with Crippen molar-refractivity contribution in [2.45, 2.75) is 258 Å². The van der Waals surface area contributed by atoms with Gasteiger partial charge in [0.05, 0.1) is 0 Å². The van der Waals surface area contributed by atoms with Gasteiger partial charge in [-0.05, 0) is 128 Å². The van der Waals surface area contributed by atoms with E-state index in [2.05, 4.69) is 142 Å². The van der Waals surface area contributed by atoms with E-state index >= 15 is 0 Å². The summed E-state index contributed by atoms with van der Waals surface area (Å²) < 4.78 is 16.8. The molecule has 402 valence electrons. The lowest BCUT2D eigenvalue weighted by molar-refractivity contribution is -0.167. The Kier molecular flexibility index (Phi) is 54.9. The van der Waals surface area contributed by atoms with E-state index in [1.165, 1.54) is 89.9 Å². The van der Waals surface area contributed by atoms with Crippen LogP contribution in [0.1, 0.15) is 252 Å². The molecule has 0 aromatic rings. The predicted octanol–water partition coefficient (Wildman–Crippen LogP) is 19.6. The molecule has 0 bridgehead atoms. The first-order chi connectivity index (χ1) is 35.0. The minimum absolute atomic E-state index is 0.111. The monoisotopic (exact) mass is 983 g/mol. The SMILES string of the molecule is CC/C=C\C/C=C\C/C=C\C/C=C\C/C=C\C/C=C\CCCCC(=O)OCC(COC(=O)CCCCC/C=C\C/C=C\C/C=C\CC)OC(=O)CCCCCCCCCCC/C=C\CCCCCCCC. The normalized spacial score (nSPS) is 13.0. The van der Waals surface area contributed by atoms with E-state index in [0.29, 0.717) is 25.7 Å². The van der Waals surface area contributed by atoms with Gasteiger partial charge in [0.2, 0.25) is 0 Å². The lowest BCUT2D eigenvalue weighted by atomic mass is 10.1. The summed E-state index contributed by atoms with van der Waals surface area (Å²) in [5, 5.41) is 0. The second kappa shape index (κ2) is 58.4. The fourth-order valence-corrected chi connectivity index (χ4v) is 7.63. The van der Waals surface area contributed by atoms with Gasteiger partial charge in [-0.2, -0.15) is 0 Å². The van der Waals surface area contributed by atoms with Crippen LogP contribution in [-0.4, -0.2) is 37.2 Å². The van der Waals surface area contributed by atoms with Crippen LogP contribution in [0, 0.1) is 0 Å².